The predicted molar refractivity (Wildman–Crippen MR) is 64.4 cm³/mol. The van der Waals surface area contributed by atoms with E-state index < -0.39 is 39.9 Å². The highest BCUT2D eigenvalue weighted by Crippen LogP contribution is 2.28. The molecule has 0 aliphatic carbocycles. The number of carboxylic acids is 1. The number of pyridine rings is 1. The zero-order chi connectivity index (χ0) is 14.9. The van der Waals surface area contributed by atoms with Gasteiger partial charge in [0, 0.05) is 11.5 Å². The van der Waals surface area contributed by atoms with Gasteiger partial charge in [0.2, 0.25) is 5.88 Å². The second kappa shape index (κ2) is 5.36. The van der Waals surface area contributed by atoms with Crippen LogP contribution in [0.5, 0.6) is 5.88 Å². The highest BCUT2D eigenvalue weighted by Gasteiger charge is 2.20. The fraction of sp³-hybridized carbons (Fsp3) is 0.231. The van der Waals surface area contributed by atoms with Gasteiger partial charge in [-0.2, -0.15) is 0 Å². The summed E-state index contributed by atoms with van der Waals surface area (Å²) in [5, 5.41) is 8.49. The first-order chi connectivity index (χ1) is 9.45. The number of nitrogens with zero attached hydrogens (tertiary/aromatic N) is 1. The highest BCUT2D eigenvalue weighted by molar-refractivity contribution is 5.95. The van der Waals surface area contributed by atoms with E-state index in [9.17, 15) is 18.0 Å². The third-order valence-electron chi connectivity index (χ3n) is 2.59. The summed E-state index contributed by atoms with van der Waals surface area (Å²) in [6.07, 6.45) is 0.582. The Bertz CT molecular complexity index is 688. The van der Waals surface area contributed by atoms with Gasteiger partial charge in [-0.25, -0.2) is 22.9 Å². The van der Waals surface area contributed by atoms with Gasteiger partial charge in [0.1, 0.15) is 11.1 Å². The van der Waals surface area contributed by atoms with Gasteiger partial charge in [-0.3, -0.25) is 0 Å². The fourth-order valence-electron chi connectivity index (χ4n) is 1.68. The molecule has 0 saturated carbocycles. The average Bonchev–Trinajstić information content (AvgIpc) is 2.41. The number of carboxylic acid groups (broad SMARTS) is 1. The number of hydrogen-bond acceptors (Lipinski definition) is 3. The van der Waals surface area contributed by atoms with E-state index in [1.54, 1.807) is 6.92 Å². The number of ether oxygens (including phenoxy) is 1. The lowest BCUT2D eigenvalue weighted by Crippen LogP contribution is -2.07. The van der Waals surface area contributed by atoms with Crippen LogP contribution >= 0.6 is 0 Å². The first-order valence-corrected chi connectivity index (χ1v) is 5.80. The molecule has 0 saturated heterocycles. The Morgan fingerprint density at radius 3 is 2.60 bits per heavy atom. The molecule has 0 spiro atoms. The molecule has 20 heavy (non-hydrogen) atoms. The van der Waals surface area contributed by atoms with E-state index in [2.05, 4.69) is 4.98 Å². The van der Waals surface area contributed by atoms with Crippen molar-refractivity contribution in [3.8, 4) is 5.88 Å². The molecule has 1 aromatic carbocycles. The van der Waals surface area contributed by atoms with Crippen LogP contribution in [0.4, 0.5) is 13.2 Å². The maximum Gasteiger partial charge on any atom is 0.341 e. The Kier molecular flexibility index (Phi) is 3.78. The fourth-order valence-corrected chi connectivity index (χ4v) is 1.68. The van der Waals surface area contributed by atoms with Crippen molar-refractivity contribution in [1.29, 1.82) is 0 Å². The van der Waals surface area contributed by atoms with Gasteiger partial charge in [-0.05, 0) is 12.5 Å². The maximum atomic E-state index is 13.6. The summed E-state index contributed by atoms with van der Waals surface area (Å²) < 4.78 is 45.4. The van der Waals surface area contributed by atoms with Gasteiger partial charge in [0.15, 0.2) is 17.5 Å². The molecule has 4 nitrogen and oxygen atoms in total. The van der Waals surface area contributed by atoms with Crippen LogP contribution in [0.1, 0.15) is 23.7 Å². The van der Waals surface area contributed by atoms with Gasteiger partial charge in [-0.15, -0.1) is 0 Å². The van der Waals surface area contributed by atoms with Crippen LogP contribution in [-0.4, -0.2) is 22.7 Å². The van der Waals surface area contributed by atoms with Gasteiger partial charge >= 0.3 is 5.97 Å². The molecule has 1 aromatic heterocycles. The van der Waals surface area contributed by atoms with Crippen LogP contribution in [0.25, 0.3) is 10.9 Å². The van der Waals surface area contributed by atoms with E-state index >= 15 is 0 Å². The molecule has 0 amide bonds. The number of hydrogen-bond donors (Lipinski definition) is 1. The molecule has 0 fully saturated rings. The van der Waals surface area contributed by atoms with E-state index in [-0.39, 0.29) is 12.5 Å². The van der Waals surface area contributed by atoms with E-state index in [1.807, 2.05) is 0 Å². The molecule has 106 valence electrons. The molecule has 2 rings (SSSR count). The van der Waals surface area contributed by atoms with Crippen LogP contribution < -0.4 is 4.74 Å². The molecule has 0 unspecified atom stereocenters. The number of halogens is 3. The molecule has 1 heterocycles. The first-order valence-electron chi connectivity index (χ1n) is 5.80. The Balaban J connectivity index is 2.74. The van der Waals surface area contributed by atoms with E-state index in [0.717, 1.165) is 6.07 Å². The third-order valence-corrected chi connectivity index (χ3v) is 2.59. The molecule has 0 atom stereocenters. The predicted octanol–water partition coefficient (Wildman–Crippen LogP) is 3.14. The minimum absolute atomic E-state index is 0.171. The largest absolute Gasteiger partial charge is 0.477 e. The highest BCUT2D eigenvalue weighted by atomic mass is 19.2. The van der Waals surface area contributed by atoms with Crippen LogP contribution in [-0.2, 0) is 0 Å². The molecule has 2 aromatic rings. The summed E-state index contributed by atoms with van der Waals surface area (Å²) in [5.74, 6) is -5.59. The number of carbonyl (C=O) groups is 1. The zero-order valence-electron chi connectivity index (χ0n) is 10.4. The number of fused-ring (bicyclic) bond motifs is 1. The van der Waals surface area contributed by atoms with Crippen molar-refractivity contribution >= 4 is 16.9 Å². The lowest BCUT2D eigenvalue weighted by atomic mass is 10.1. The van der Waals surface area contributed by atoms with Gasteiger partial charge in [-0.1, -0.05) is 6.92 Å². The Hall–Kier alpha value is -2.31. The summed E-state index contributed by atoms with van der Waals surface area (Å²) in [4.78, 5) is 14.7. The second-order valence-corrected chi connectivity index (χ2v) is 4.05. The second-order valence-electron chi connectivity index (χ2n) is 4.05. The van der Waals surface area contributed by atoms with Gasteiger partial charge < -0.3 is 9.84 Å². The van der Waals surface area contributed by atoms with Gasteiger partial charge in [0.05, 0.1) is 6.61 Å². The van der Waals surface area contributed by atoms with E-state index in [1.165, 1.54) is 0 Å². The van der Waals surface area contributed by atoms with Crippen LogP contribution in [0.3, 0.4) is 0 Å². The summed E-state index contributed by atoms with van der Waals surface area (Å²) in [7, 11) is 0. The topological polar surface area (TPSA) is 59.4 Å². The molecule has 0 bridgehead atoms. The molecular formula is C13H10F3NO3. The van der Waals surface area contributed by atoms with Crippen molar-refractivity contribution in [3.05, 3.63) is 35.1 Å². The lowest BCUT2D eigenvalue weighted by Gasteiger charge is -2.10. The minimum Gasteiger partial charge on any atom is -0.477 e. The van der Waals surface area contributed by atoms with Crippen LogP contribution in [0.2, 0.25) is 0 Å². The quantitative estimate of drug-likeness (QED) is 0.877. The normalized spacial score (nSPS) is 10.8. The summed E-state index contributed by atoms with van der Waals surface area (Å²) in [6, 6.07) is 1.17. The summed E-state index contributed by atoms with van der Waals surface area (Å²) in [6.45, 7) is 1.96. The minimum atomic E-state index is -1.42. The van der Waals surface area contributed by atoms with Crippen LogP contribution in [0, 0.1) is 17.5 Å². The molecule has 0 aliphatic rings. The number of benzene rings is 1. The SMILES string of the molecule is CCCOc1nc2c(F)cc(F)c(F)c2cc1C(=O)O. The first kappa shape index (κ1) is 14.1. The standard InChI is InChI=1S/C13H10F3NO3/c1-2-3-20-12-7(13(18)19)4-6-10(16)8(14)5-9(15)11(6)17-12/h4-5H,2-3H2,1H3,(H,18,19). The van der Waals surface area contributed by atoms with Gasteiger partial charge in [0.25, 0.3) is 0 Å². The van der Waals surface area contributed by atoms with Crippen molar-refractivity contribution in [2.75, 3.05) is 6.61 Å². The van der Waals surface area contributed by atoms with E-state index in [0.29, 0.717) is 12.5 Å². The zero-order valence-corrected chi connectivity index (χ0v) is 10.4. The van der Waals surface area contributed by atoms with Crippen molar-refractivity contribution in [2.45, 2.75) is 13.3 Å². The Labute approximate surface area is 111 Å². The molecule has 0 radical (unpaired) electrons. The van der Waals surface area contributed by atoms with Crippen molar-refractivity contribution in [2.24, 2.45) is 0 Å². The van der Waals surface area contributed by atoms with Crippen molar-refractivity contribution in [1.82, 2.24) is 4.98 Å². The lowest BCUT2D eigenvalue weighted by molar-refractivity contribution is 0.0691. The number of aromatic nitrogens is 1. The van der Waals surface area contributed by atoms with Crippen molar-refractivity contribution < 1.29 is 27.8 Å². The monoisotopic (exact) mass is 285 g/mol. The molecular weight excluding hydrogens is 275 g/mol. The molecule has 1 N–H and O–H groups in total. The molecule has 7 heteroatoms. The maximum absolute atomic E-state index is 13.6. The number of rotatable bonds is 4. The van der Waals surface area contributed by atoms with Crippen molar-refractivity contribution in [3.63, 3.8) is 0 Å². The average molecular weight is 285 g/mol. The number of aromatic carboxylic acids is 1. The van der Waals surface area contributed by atoms with Crippen LogP contribution in [0.15, 0.2) is 12.1 Å². The molecule has 0 aliphatic heterocycles. The smallest absolute Gasteiger partial charge is 0.341 e. The Morgan fingerprint density at radius 1 is 1.30 bits per heavy atom. The third kappa shape index (κ3) is 2.38. The van der Waals surface area contributed by atoms with E-state index in [4.69, 9.17) is 9.84 Å². The Morgan fingerprint density at radius 2 is 2.00 bits per heavy atom. The summed E-state index contributed by atoms with van der Waals surface area (Å²) >= 11 is 0. The summed E-state index contributed by atoms with van der Waals surface area (Å²) in [5.41, 5.74) is -0.921.